The van der Waals surface area contributed by atoms with E-state index in [1.807, 2.05) is 14.0 Å². The van der Waals surface area contributed by atoms with Crippen molar-refractivity contribution < 1.29 is 9.90 Å². The summed E-state index contributed by atoms with van der Waals surface area (Å²) in [6.07, 6.45) is 2.57. The lowest BCUT2D eigenvalue weighted by Crippen LogP contribution is -2.18. The van der Waals surface area contributed by atoms with Crippen LogP contribution in [0.5, 0.6) is 0 Å². The lowest BCUT2D eigenvalue weighted by molar-refractivity contribution is -0.139. The molecule has 2 aromatic rings. The number of fused-ring (bicyclic) bond motifs is 1. The number of hydrogen-bond donors (Lipinski definition) is 1. The van der Waals surface area contributed by atoms with Gasteiger partial charge >= 0.3 is 5.97 Å². The molecule has 1 N–H and O–H groups in total. The fourth-order valence-electron chi connectivity index (χ4n) is 2.60. The lowest BCUT2D eigenvalue weighted by atomic mass is 9.91. The summed E-state index contributed by atoms with van der Waals surface area (Å²) in [6.45, 7) is 2.70. The van der Waals surface area contributed by atoms with E-state index in [2.05, 4.69) is 20.2 Å². The first kappa shape index (κ1) is 14.5. The van der Waals surface area contributed by atoms with E-state index in [-0.39, 0.29) is 0 Å². The molecule has 21 heavy (non-hydrogen) atoms. The minimum absolute atomic E-state index is 0.436. The van der Waals surface area contributed by atoms with Crippen LogP contribution in [-0.2, 0) is 17.8 Å². The number of aromatic nitrogens is 2. The SMILES string of the molecule is Cc1nc(CN(C)c2nc3c(s2)CCCC3C(=O)O)cs1. The second kappa shape index (κ2) is 5.73. The number of aliphatic carboxylic acids is 1. The van der Waals surface area contributed by atoms with Gasteiger partial charge in [0.15, 0.2) is 5.13 Å². The number of carboxylic acid groups (broad SMARTS) is 1. The third-order valence-corrected chi connectivity index (χ3v) is 5.70. The van der Waals surface area contributed by atoms with Crippen molar-refractivity contribution >= 4 is 33.8 Å². The molecule has 0 saturated heterocycles. The van der Waals surface area contributed by atoms with Gasteiger partial charge in [-0.15, -0.1) is 22.7 Å². The van der Waals surface area contributed by atoms with Crippen LogP contribution in [0, 0.1) is 6.92 Å². The van der Waals surface area contributed by atoms with Crippen LogP contribution in [0.15, 0.2) is 5.38 Å². The number of aryl methyl sites for hydroxylation is 2. The fraction of sp³-hybridized carbons (Fsp3) is 0.500. The molecule has 1 unspecified atom stereocenters. The van der Waals surface area contributed by atoms with Crippen LogP contribution in [0.3, 0.4) is 0 Å². The third kappa shape index (κ3) is 2.94. The van der Waals surface area contributed by atoms with E-state index >= 15 is 0 Å². The van der Waals surface area contributed by atoms with Crippen molar-refractivity contribution in [3.63, 3.8) is 0 Å². The Morgan fingerprint density at radius 2 is 2.33 bits per heavy atom. The number of nitrogens with zero attached hydrogens (tertiary/aromatic N) is 3. The molecule has 3 rings (SSSR count). The smallest absolute Gasteiger partial charge is 0.312 e. The second-order valence-electron chi connectivity index (χ2n) is 5.30. The van der Waals surface area contributed by atoms with E-state index in [0.29, 0.717) is 13.0 Å². The Hall–Kier alpha value is -1.47. The monoisotopic (exact) mass is 323 g/mol. The van der Waals surface area contributed by atoms with Crippen molar-refractivity contribution in [1.29, 1.82) is 0 Å². The summed E-state index contributed by atoms with van der Waals surface area (Å²) in [4.78, 5) is 23.6. The molecule has 0 fully saturated rings. The topological polar surface area (TPSA) is 66.3 Å². The van der Waals surface area contributed by atoms with Crippen molar-refractivity contribution in [1.82, 2.24) is 9.97 Å². The van der Waals surface area contributed by atoms with E-state index in [1.165, 1.54) is 0 Å². The average Bonchev–Trinajstić information content (AvgIpc) is 3.04. The minimum Gasteiger partial charge on any atom is -0.481 e. The average molecular weight is 323 g/mol. The van der Waals surface area contributed by atoms with Crippen LogP contribution >= 0.6 is 22.7 Å². The van der Waals surface area contributed by atoms with Crippen LogP contribution in [0.25, 0.3) is 0 Å². The Labute approximate surface area is 131 Å². The molecule has 0 aromatic carbocycles. The Morgan fingerprint density at radius 3 is 3.00 bits per heavy atom. The van der Waals surface area contributed by atoms with E-state index in [4.69, 9.17) is 0 Å². The van der Waals surface area contributed by atoms with Gasteiger partial charge in [-0.25, -0.2) is 9.97 Å². The number of carboxylic acids is 1. The molecule has 0 amide bonds. The first-order chi connectivity index (χ1) is 10.0. The molecule has 1 aliphatic carbocycles. The van der Waals surface area contributed by atoms with Crippen molar-refractivity contribution in [2.75, 3.05) is 11.9 Å². The maximum absolute atomic E-state index is 11.3. The molecular weight excluding hydrogens is 306 g/mol. The molecule has 1 aliphatic rings. The zero-order chi connectivity index (χ0) is 15.0. The molecule has 0 aliphatic heterocycles. The second-order valence-corrected chi connectivity index (χ2v) is 7.43. The van der Waals surface area contributed by atoms with Gasteiger partial charge in [0.05, 0.1) is 22.9 Å². The van der Waals surface area contributed by atoms with E-state index in [1.54, 1.807) is 22.7 Å². The molecular formula is C14H17N3O2S2. The van der Waals surface area contributed by atoms with Crippen LogP contribution in [-0.4, -0.2) is 28.1 Å². The number of anilines is 1. The zero-order valence-corrected chi connectivity index (χ0v) is 13.6. The Bertz CT molecular complexity index is 665. The Balaban J connectivity index is 1.81. The van der Waals surface area contributed by atoms with E-state index < -0.39 is 11.9 Å². The molecule has 112 valence electrons. The molecule has 2 heterocycles. The molecule has 0 radical (unpaired) electrons. The lowest BCUT2D eigenvalue weighted by Gasteiger charge is -2.16. The molecule has 0 bridgehead atoms. The minimum atomic E-state index is -0.759. The van der Waals surface area contributed by atoms with Crippen molar-refractivity contribution in [3.05, 3.63) is 26.7 Å². The number of thiazole rings is 2. The van der Waals surface area contributed by atoms with E-state index in [0.717, 1.165) is 39.2 Å². The van der Waals surface area contributed by atoms with Gasteiger partial charge in [-0.1, -0.05) is 0 Å². The molecule has 5 nitrogen and oxygen atoms in total. The molecule has 1 atom stereocenters. The first-order valence-corrected chi connectivity index (χ1v) is 8.58. The van der Waals surface area contributed by atoms with Gasteiger partial charge in [-0.3, -0.25) is 4.79 Å². The highest BCUT2D eigenvalue weighted by Crippen LogP contribution is 2.38. The molecule has 0 saturated carbocycles. The largest absolute Gasteiger partial charge is 0.481 e. The molecule has 0 spiro atoms. The van der Waals surface area contributed by atoms with E-state index in [9.17, 15) is 9.90 Å². The predicted molar refractivity (Wildman–Crippen MR) is 84.4 cm³/mol. The van der Waals surface area contributed by atoms with Gasteiger partial charge in [-0.05, 0) is 26.2 Å². The van der Waals surface area contributed by atoms with Gasteiger partial charge in [0.2, 0.25) is 0 Å². The highest BCUT2D eigenvalue weighted by molar-refractivity contribution is 7.15. The van der Waals surface area contributed by atoms with Crippen molar-refractivity contribution in [3.8, 4) is 0 Å². The summed E-state index contributed by atoms with van der Waals surface area (Å²) in [5.74, 6) is -1.20. The Kier molecular flexibility index (Phi) is 3.95. The number of carbonyl (C=O) groups is 1. The van der Waals surface area contributed by atoms with Crippen LogP contribution < -0.4 is 4.90 Å². The number of rotatable bonds is 4. The summed E-state index contributed by atoms with van der Waals surface area (Å²) in [5, 5.41) is 13.3. The first-order valence-electron chi connectivity index (χ1n) is 6.89. The zero-order valence-electron chi connectivity index (χ0n) is 12.0. The van der Waals surface area contributed by atoms with Crippen molar-refractivity contribution in [2.24, 2.45) is 0 Å². The van der Waals surface area contributed by atoms with Gasteiger partial charge in [-0.2, -0.15) is 0 Å². The molecule has 7 heteroatoms. The summed E-state index contributed by atoms with van der Waals surface area (Å²) in [5.41, 5.74) is 1.80. The normalized spacial score (nSPS) is 17.5. The quantitative estimate of drug-likeness (QED) is 0.937. The predicted octanol–water partition coefficient (Wildman–Crippen LogP) is 3.05. The summed E-state index contributed by atoms with van der Waals surface area (Å²) < 4.78 is 0. The van der Waals surface area contributed by atoms with Gasteiger partial charge in [0.1, 0.15) is 5.92 Å². The fourth-order valence-corrected chi connectivity index (χ4v) is 4.33. The van der Waals surface area contributed by atoms with Crippen LogP contribution in [0.4, 0.5) is 5.13 Å². The summed E-state index contributed by atoms with van der Waals surface area (Å²) in [7, 11) is 1.98. The Morgan fingerprint density at radius 1 is 1.52 bits per heavy atom. The standard InChI is InChI=1S/C14H17N3O2S2/c1-8-15-9(7-20-8)6-17(2)14-16-12-10(13(18)19)4-3-5-11(12)21-14/h7,10H,3-6H2,1-2H3,(H,18,19). The highest BCUT2D eigenvalue weighted by atomic mass is 32.1. The van der Waals surface area contributed by atoms with Crippen molar-refractivity contribution in [2.45, 2.75) is 38.6 Å². The number of hydrogen-bond acceptors (Lipinski definition) is 6. The van der Waals surface area contributed by atoms with Gasteiger partial charge in [0.25, 0.3) is 0 Å². The highest BCUT2D eigenvalue weighted by Gasteiger charge is 2.30. The third-order valence-electron chi connectivity index (χ3n) is 3.63. The maximum atomic E-state index is 11.3. The summed E-state index contributed by atoms with van der Waals surface area (Å²) in [6, 6.07) is 0. The molecule has 2 aromatic heterocycles. The van der Waals surface area contributed by atoms with Gasteiger partial charge < -0.3 is 10.0 Å². The maximum Gasteiger partial charge on any atom is 0.312 e. The van der Waals surface area contributed by atoms with Crippen LogP contribution in [0.1, 0.15) is 40.0 Å². The van der Waals surface area contributed by atoms with Gasteiger partial charge in [0, 0.05) is 17.3 Å². The summed E-state index contributed by atoms with van der Waals surface area (Å²) >= 11 is 3.26. The van der Waals surface area contributed by atoms with Crippen LogP contribution in [0.2, 0.25) is 0 Å².